The third kappa shape index (κ3) is 3.04. The van der Waals surface area contributed by atoms with Crippen LogP contribution in [0.1, 0.15) is 24.2 Å². The monoisotopic (exact) mass is 252 g/mol. The summed E-state index contributed by atoms with van der Waals surface area (Å²) in [7, 11) is 0. The molecular weight excluding hydrogens is 240 g/mol. The fraction of sp³-hybridized carbons (Fsp3) is 0.250. The molecule has 2 aromatic rings. The van der Waals surface area contributed by atoms with Gasteiger partial charge in [-0.1, -0.05) is 23.7 Å². The van der Waals surface area contributed by atoms with Crippen molar-refractivity contribution in [3.05, 3.63) is 51.4 Å². The summed E-state index contributed by atoms with van der Waals surface area (Å²) in [6.45, 7) is 2.92. The minimum Gasteiger partial charge on any atom is -0.305 e. The first-order valence-electron chi connectivity index (χ1n) is 5.11. The van der Waals surface area contributed by atoms with E-state index >= 15 is 0 Å². The smallest absolute Gasteiger partial charge is 0.0795 e. The van der Waals surface area contributed by atoms with Gasteiger partial charge >= 0.3 is 0 Å². The number of thiazole rings is 1. The molecule has 1 unspecified atom stereocenters. The molecule has 0 saturated carbocycles. The van der Waals surface area contributed by atoms with Gasteiger partial charge in [0.05, 0.1) is 11.2 Å². The van der Waals surface area contributed by atoms with E-state index in [2.05, 4.69) is 28.7 Å². The van der Waals surface area contributed by atoms with E-state index in [0.29, 0.717) is 0 Å². The van der Waals surface area contributed by atoms with Gasteiger partial charge in [0.1, 0.15) is 0 Å². The Hall–Kier alpha value is -0.900. The van der Waals surface area contributed by atoms with Gasteiger partial charge in [0.25, 0.3) is 0 Å². The molecule has 1 atom stereocenters. The van der Waals surface area contributed by atoms with Gasteiger partial charge in [-0.3, -0.25) is 0 Å². The highest BCUT2D eigenvalue weighted by molar-refractivity contribution is 7.07. The molecule has 0 spiro atoms. The first-order chi connectivity index (χ1) is 7.75. The molecular formula is C12H13ClN2S. The zero-order chi connectivity index (χ0) is 11.4. The molecule has 0 fully saturated rings. The van der Waals surface area contributed by atoms with E-state index in [1.807, 2.05) is 23.7 Å². The molecule has 0 aliphatic carbocycles. The Balaban J connectivity index is 1.92. The van der Waals surface area contributed by atoms with Crippen LogP contribution in [-0.2, 0) is 6.54 Å². The van der Waals surface area contributed by atoms with Crippen molar-refractivity contribution in [1.29, 1.82) is 0 Å². The van der Waals surface area contributed by atoms with Crippen LogP contribution in [0.2, 0.25) is 5.02 Å². The summed E-state index contributed by atoms with van der Waals surface area (Å²) in [6, 6.07) is 8.15. The summed E-state index contributed by atoms with van der Waals surface area (Å²) in [5.41, 5.74) is 4.13. The van der Waals surface area contributed by atoms with Crippen molar-refractivity contribution < 1.29 is 0 Å². The molecule has 1 aromatic heterocycles. The normalized spacial score (nSPS) is 12.6. The van der Waals surface area contributed by atoms with E-state index in [-0.39, 0.29) is 6.04 Å². The molecule has 1 N–H and O–H groups in total. The lowest BCUT2D eigenvalue weighted by Crippen LogP contribution is -2.18. The second-order valence-electron chi connectivity index (χ2n) is 3.65. The summed E-state index contributed by atoms with van der Waals surface area (Å²) in [6.07, 6.45) is 0. The molecule has 0 radical (unpaired) electrons. The molecule has 1 heterocycles. The lowest BCUT2D eigenvalue weighted by molar-refractivity contribution is 0.564. The molecule has 0 aliphatic rings. The Kier molecular flexibility index (Phi) is 3.93. The molecule has 0 bridgehead atoms. The summed E-state index contributed by atoms with van der Waals surface area (Å²) in [5.74, 6) is 0. The summed E-state index contributed by atoms with van der Waals surface area (Å²) in [5, 5.41) is 6.26. The van der Waals surface area contributed by atoms with Crippen LogP contribution in [-0.4, -0.2) is 4.98 Å². The number of rotatable bonds is 4. The Labute approximate surface area is 104 Å². The van der Waals surface area contributed by atoms with Gasteiger partial charge in [-0.05, 0) is 24.6 Å². The lowest BCUT2D eigenvalue weighted by Gasteiger charge is -2.11. The van der Waals surface area contributed by atoms with Crippen molar-refractivity contribution >= 4 is 22.9 Å². The Morgan fingerprint density at radius 2 is 2.38 bits per heavy atom. The predicted molar refractivity (Wildman–Crippen MR) is 68.8 cm³/mol. The lowest BCUT2D eigenvalue weighted by atomic mass is 10.2. The van der Waals surface area contributed by atoms with Crippen LogP contribution in [0.25, 0.3) is 0 Å². The highest BCUT2D eigenvalue weighted by Crippen LogP contribution is 2.14. The minimum absolute atomic E-state index is 0.269. The molecule has 0 saturated heterocycles. The van der Waals surface area contributed by atoms with Gasteiger partial charge in [-0.2, -0.15) is 0 Å². The van der Waals surface area contributed by atoms with Crippen LogP contribution in [0, 0.1) is 0 Å². The second kappa shape index (κ2) is 5.43. The standard InChI is InChI=1S/C12H13ClN2S/c1-9(12-7-16-8-15-12)14-6-10-3-2-4-11(13)5-10/h2-5,7-9,14H,6H2,1H3. The molecule has 84 valence electrons. The SMILES string of the molecule is CC(NCc1cccc(Cl)c1)c1cscn1. The van der Waals surface area contributed by atoms with Crippen molar-refractivity contribution in [3.8, 4) is 0 Å². The summed E-state index contributed by atoms with van der Waals surface area (Å²) < 4.78 is 0. The van der Waals surface area contributed by atoms with E-state index in [1.165, 1.54) is 5.56 Å². The van der Waals surface area contributed by atoms with Crippen LogP contribution in [0.3, 0.4) is 0 Å². The van der Waals surface area contributed by atoms with Crippen molar-refractivity contribution in [2.75, 3.05) is 0 Å². The van der Waals surface area contributed by atoms with E-state index in [9.17, 15) is 0 Å². The summed E-state index contributed by atoms with van der Waals surface area (Å²) >= 11 is 7.54. The fourth-order valence-corrected chi connectivity index (χ4v) is 2.32. The van der Waals surface area contributed by atoms with Gasteiger partial charge in [-0.25, -0.2) is 4.98 Å². The maximum absolute atomic E-state index is 5.92. The summed E-state index contributed by atoms with van der Waals surface area (Å²) in [4.78, 5) is 4.28. The Morgan fingerprint density at radius 1 is 1.50 bits per heavy atom. The van der Waals surface area contributed by atoms with Crippen molar-refractivity contribution in [2.45, 2.75) is 19.5 Å². The average Bonchev–Trinajstić information content (AvgIpc) is 2.79. The highest BCUT2D eigenvalue weighted by Gasteiger charge is 2.06. The third-order valence-corrected chi connectivity index (χ3v) is 3.24. The number of halogens is 1. The number of nitrogens with one attached hydrogen (secondary N) is 1. The number of nitrogens with zero attached hydrogens (tertiary/aromatic N) is 1. The Bertz CT molecular complexity index is 442. The van der Waals surface area contributed by atoms with E-state index in [0.717, 1.165) is 17.3 Å². The van der Waals surface area contributed by atoms with Gasteiger partial charge in [0.15, 0.2) is 0 Å². The maximum Gasteiger partial charge on any atom is 0.0795 e. The third-order valence-electron chi connectivity index (χ3n) is 2.40. The Morgan fingerprint density at radius 3 is 3.06 bits per heavy atom. The van der Waals surface area contributed by atoms with Crippen molar-refractivity contribution in [1.82, 2.24) is 10.3 Å². The topological polar surface area (TPSA) is 24.9 Å². The molecule has 16 heavy (non-hydrogen) atoms. The first kappa shape index (κ1) is 11.6. The quantitative estimate of drug-likeness (QED) is 0.899. The molecule has 4 heteroatoms. The molecule has 2 rings (SSSR count). The van der Waals surface area contributed by atoms with E-state index < -0.39 is 0 Å². The number of benzene rings is 1. The number of aromatic nitrogens is 1. The largest absolute Gasteiger partial charge is 0.305 e. The second-order valence-corrected chi connectivity index (χ2v) is 4.80. The molecule has 2 nitrogen and oxygen atoms in total. The molecule has 1 aromatic carbocycles. The number of hydrogen-bond acceptors (Lipinski definition) is 3. The highest BCUT2D eigenvalue weighted by atomic mass is 35.5. The van der Waals surface area contributed by atoms with Crippen LogP contribution in [0.4, 0.5) is 0 Å². The van der Waals surface area contributed by atoms with Gasteiger partial charge in [0, 0.05) is 23.0 Å². The van der Waals surface area contributed by atoms with Gasteiger partial charge in [-0.15, -0.1) is 11.3 Å². The predicted octanol–water partition coefficient (Wildman–Crippen LogP) is 3.65. The van der Waals surface area contributed by atoms with Crippen LogP contribution in [0.5, 0.6) is 0 Å². The zero-order valence-corrected chi connectivity index (χ0v) is 10.6. The van der Waals surface area contributed by atoms with Crippen molar-refractivity contribution in [2.24, 2.45) is 0 Å². The maximum atomic E-state index is 5.92. The fourth-order valence-electron chi connectivity index (χ4n) is 1.46. The van der Waals surface area contributed by atoms with E-state index in [4.69, 9.17) is 11.6 Å². The van der Waals surface area contributed by atoms with Gasteiger partial charge in [0.2, 0.25) is 0 Å². The van der Waals surface area contributed by atoms with Crippen LogP contribution < -0.4 is 5.32 Å². The first-order valence-corrected chi connectivity index (χ1v) is 6.43. The molecule has 0 amide bonds. The van der Waals surface area contributed by atoms with E-state index in [1.54, 1.807) is 11.3 Å². The zero-order valence-electron chi connectivity index (χ0n) is 8.98. The average molecular weight is 253 g/mol. The number of hydrogen-bond donors (Lipinski definition) is 1. The van der Waals surface area contributed by atoms with Crippen LogP contribution >= 0.6 is 22.9 Å². The van der Waals surface area contributed by atoms with Gasteiger partial charge < -0.3 is 5.32 Å². The van der Waals surface area contributed by atoms with Crippen molar-refractivity contribution in [3.63, 3.8) is 0 Å². The minimum atomic E-state index is 0.269. The van der Waals surface area contributed by atoms with Crippen LogP contribution in [0.15, 0.2) is 35.2 Å². The molecule has 0 aliphatic heterocycles.